The van der Waals surface area contributed by atoms with Crippen LogP contribution in [0.1, 0.15) is 18.5 Å². The standard InChI is InChI=1S/C12H15NO2/c1-12(15-3)10(13(2)11(12)14)9-7-5-4-6-8-9/h4-8,10H,1-3H3. The van der Waals surface area contributed by atoms with E-state index in [-0.39, 0.29) is 11.9 Å². The molecule has 0 saturated carbocycles. The SMILES string of the molecule is COC1(C)C(=O)N(C)C1c1ccccc1. The Morgan fingerprint density at radius 1 is 1.33 bits per heavy atom. The van der Waals surface area contributed by atoms with Gasteiger partial charge in [-0.05, 0) is 12.5 Å². The van der Waals surface area contributed by atoms with Gasteiger partial charge in [-0.3, -0.25) is 4.79 Å². The fourth-order valence-corrected chi connectivity index (χ4v) is 2.26. The van der Waals surface area contributed by atoms with Crippen molar-refractivity contribution in [2.45, 2.75) is 18.6 Å². The summed E-state index contributed by atoms with van der Waals surface area (Å²) in [6.07, 6.45) is 0. The molecular formula is C12H15NO2. The van der Waals surface area contributed by atoms with E-state index in [1.54, 1.807) is 19.1 Å². The Morgan fingerprint density at radius 2 is 1.93 bits per heavy atom. The van der Waals surface area contributed by atoms with E-state index >= 15 is 0 Å². The number of β-lactam (4-membered cyclic amide) rings is 1. The Bertz CT molecular complexity index is 376. The van der Waals surface area contributed by atoms with E-state index in [0.717, 1.165) is 5.56 Å². The number of nitrogens with zero attached hydrogens (tertiary/aromatic N) is 1. The molecule has 1 saturated heterocycles. The molecule has 3 heteroatoms. The molecule has 0 N–H and O–H groups in total. The number of amides is 1. The van der Waals surface area contributed by atoms with E-state index < -0.39 is 5.60 Å². The molecule has 2 rings (SSSR count). The predicted molar refractivity (Wildman–Crippen MR) is 57.4 cm³/mol. The van der Waals surface area contributed by atoms with Gasteiger partial charge in [-0.1, -0.05) is 30.3 Å². The van der Waals surface area contributed by atoms with Crippen molar-refractivity contribution in [2.75, 3.05) is 14.2 Å². The highest BCUT2D eigenvalue weighted by Crippen LogP contribution is 2.43. The molecule has 0 aromatic heterocycles. The molecule has 2 unspecified atom stereocenters. The van der Waals surface area contributed by atoms with Gasteiger partial charge in [-0.25, -0.2) is 0 Å². The first-order valence-corrected chi connectivity index (χ1v) is 4.98. The monoisotopic (exact) mass is 205 g/mol. The minimum atomic E-state index is -0.698. The first-order valence-electron chi connectivity index (χ1n) is 4.98. The van der Waals surface area contributed by atoms with Crippen LogP contribution in [0.4, 0.5) is 0 Å². The third-order valence-corrected chi connectivity index (χ3v) is 3.19. The number of benzene rings is 1. The zero-order valence-corrected chi connectivity index (χ0v) is 9.23. The Hall–Kier alpha value is -1.35. The topological polar surface area (TPSA) is 29.5 Å². The summed E-state index contributed by atoms with van der Waals surface area (Å²) in [6, 6.07) is 9.98. The fraction of sp³-hybridized carbons (Fsp3) is 0.417. The van der Waals surface area contributed by atoms with E-state index in [1.807, 2.05) is 37.3 Å². The van der Waals surface area contributed by atoms with Crippen molar-refractivity contribution in [1.82, 2.24) is 4.90 Å². The second kappa shape index (κ2) is 3.35. The average Bonchev–Trinajstić information content (AvgIpc) is 2.29. The van der Waals surface area contributed by atoms with Crippen LogP contribution in [0, 0.1) is 0 Å². The van der Waals surface area contributed by atoms with Crippen molar-refractivity contribution in [3.8, 4) is 0 Å². The van der Waals surface area contributed by atoms with Crippen molar-refractivity contribution in [3.05, 3.63) is 35.9 Å². The molecule has 15 heavy (non-hydrogen) atoms. The molecule has 0 radical (unpaired) electrons. The fourth-order valence-electron chi connectivity index (χ4n) is 2.26. The maximum absolute atomic E-state index is 11.7. The van der Waals surface area contributed by atoms with Crippen LogP contribution < -0.4 is 0 Å². The third-order valence-electron chi connectivity index (χ3n) is 3.19. The second-order valence-electron chi connectivity index (χ2n) is 4.04. The number of carbonyl (C=O) groups is 1. The average molecular weight is 205 g/mol. The zero-order chi connectivity index (χ0) is 11.1. The summed E-state index contributed by atoms with van der Waals surface area (Å²) in [5, 5.41) is 0. The van der Waals surface area contributed by atoms with E-state index in [0.29, 0.717) is 0 Å². The van der Waals surface area contributed by atoms with Gasteiger partial charge in [0.05, 0.1) is 6.04 Å². The lowest BCUT2D eigenvalue weighted by molar-refractivity contribution is -0.191. The molecule has 1 amide bonds. The van der Waals surface area contributed by atoms with Gasteiger partial charge in [0.25, 0.3) is 5.91 Å². The number of rotatable bonds is 2. The zero-order valence-electron chi connectivity index (χ0n) is 9.23. The molecule has 2 atom stereocenters. The third kappa shape index (κ3) is 1.27. The van der Waals surface area contributed by atoms with E-state index in [1.165, 1.54) is 0 Å². The maximum atomic E-state index is 11.7. The molecule has 0 spiro atoms. The molecule has 0 aliphatic carbocycles. The minimum Gasteiger partial charge on any atom is -0.366 e. The summed E-state index contributed by atoms with van der Waals surface area (Å²) in [5.41, 5.74) is 0.416. The van der Waals surface area contributed by atoms with Gasteiger partial charge >= 0.3 is 0 Å². The minimum absolute atomic E-state index is 0.0243. The van der Waals surface area contributed by atoms with E-state index in [4.69, 9.17) is 4.74 Å². The van der Waals surface area contributed by atoms with Crippen molar-refractivity contribution in [1.29, 1.82) is 0 Å². The first kappa shape index (κ1) is 10.2. The number of likely N-dealkylation sites (N-methyl/N-ethyl adjacent to an activating group) is 1. The van der Waals surface area contributed by atoms with Crippen molar-refractivity contribution in [3.63, 3.8) is 0 Å². The normalized spacial score (nSPS) is 30.2. The number of hydrogen-bond acceptors (Lipinski definition) is 2. The molecule has 3 nitrogen and oxygen atoms in total. The van der Waals surface area contributed by atoms with Crippen LogP contribution in [0.25, 0.3) is 0 Å². The van der Waals surface area contributed by atoms with Gasteiger partial charge < -0.3 is 9.64 Å². The lowest BCUT2D eigenvalue weighted by Gasteiger charge is -2.51. The summed E-state index contributed by atoms with van der Waals surface area (Å²) < 4.78 is 5.33. The lowest BCUT2D eigenvalue weighted by Crippen LogP contribution is -2.66. The summed E-state index contributed by atoms with van der Waals surface area (Å²) in [4.78, 5) is 13.4. The molecule has 1 fully saturated rings. The summed E-state index contributed by atoms with van der Waals surface area (Å²) in [6.45, 7) is 1.84. The van der Waals surface area contributed by atoms with Crippen LogP contribution >= 0.6 is 0 Å². The van der Waals surface area contributed by atoms with Crippen LogP contribution in [0.3, 0.4) is 0 Å². The predicted octanol–water partition coefficient (Wildman–Crippen LogP) is 1.60. The molecule has 1 heterocycles. The smallest absolute Gasteiger partial charge is 0.257 e. The summed E-state index contributed by atoms with van der Waals surface area (Å²) >= 11 is 0. The van der Waals surface area contributed by atoms with Crippen LogP contribution in [-0.4, -0.2) is 30.6 Å². The Kier molecular flexibility index (Phi) is 2.27. The molecule has 80 valence electrons. The molecule has 0 bridgehead atoms. The van der Waals surface area contributed by atoms with E-state index in [2.05, 4.69) is 0 Å². The van der Waals surface area contributed by atoms with Crippen molar-refractivity contribution >= 4 is 5.91 Å². The van der Waals surface area contributed by atoms with Crippen LogP contribution in [0.15, 0.2) is 30.3 Å². The Balaban J connectivity index is 2.34. The number of carbonyl (C=O) groups excluding carboxylic acids is 1. The number of likely N-dealkylation sites (tertiary alicyclic amines) is 1. The highest BCUT2D eigenvalue weighted by Gasteiger charge is 2.56. The van der Waals surface area contributed by atoms with Crippen LogP contribution in [-0.2, 0) is 9.53 Å². The van der Waals surface area contributed by atoms with Crippen molar-refractivity contribution in [2.24, 2.45) is 0 Å². The van der Waals surface area contributed by atoms with Gasteiger partial charge in [0.1, 0.15) is 0 Å². The van der Waals surface area contributed by atoms with Gasteiger partial charge in [0.15, 0.2) is 5.60 Å². The molecule has 1 aromatic rings. The quantitative estimate of drug-likeness (QED) is 0.686. The van der Waals surface area contributed by atoms with Gasteiger partial charge in [0.2, 0.25) is 0 Å². The van der Waals surface area contributed by atoms with E-state index in [9.17, 15) is 4.79 Å². The highest BCUT2D eigenvalue weighted by atomic mass is 16.5. The molecule has 1 aliphatic rings. The summed E-state index contributed by atoms with van der Waals surface area (Å²) in [7, 11) is 3.39. The molecule has 1 aromatic carbocycles. The number of ether oxygens (including phenoxy) is 1. The lowest BCUT2D eigenvalue weighted by atomic mass is 9.80. The van der Waals surface area contributed by atoms with Gasteiger partial charge in [-0.15, -0.1) is 0 Å². The Morgan fingerprint density at radius 3 is 2.47 bits per heavy atom. The maximum Gasteiger partial charge on any atom is 0.257 e. The first-order chi connectivity index (χ1) is 7.11. The van der Waals surface area contributed by atoms with Gasteiger partial charge in [-0.2, -0.15) is 0 Å². The van der Waals surface area contributed by atoms with Gasteiger partial charge in [0, 0.05) is 14.2 Å². The number of methoxy groups -OCH3 is 1. The summed E-state index contributed by atoms with van der Waals surface area (Å²) in [5.74, 6) is 0.0406. The highest BCUT2D eigenvalue weighted by molar-refractivity contribution is 5.92. The molecule has 1 aliphatic heterocycles. The van der Waals surface area contributed by atoms with Crippen molar-refractivity contribution < 1.29 is 9.53 Å². The Labute approximate surface area is 89.7 Å². The van der Waals surface area contributed by atoms with Crippen LogP contribution in [0.2, 0.25) is 0 Å². The van der Waals surface area contributed by atoms with Crippen LogP contribution in [0.5, 0.6) is 0 Å². The largest absolute Gasteiger partial charge is 0.366 e. The molecular weight excluding hydrogens is 190 g/mol. The number of hydrogen-bond donors (Lipinski definition) is 0. The second-order valence-corrected chi connectivity index (χ2v) is 4.04.